The van der Waals surface area contributed by atoms with Gasteiger partial charge >= 0.3 is 0 Å². The van der Waals surface area contributed by atoms with E-state index in [-0.39, 0.29) is 17.7 Å². The van der Waals surface area contributed by atoms with Crippen LogP contribution in [0.2, 0.25) is 0 Å². The third kappa shape index (κ3) is 4.81. The molecule has 0 aliphatic carbocycles. The lowest BCUT2D eigenvalue weighted by molar-refractivity contribution is -0.138. The maximum absolute atomic E-state index is 11.4. The first-order chi connectivity index (χ1) is 6.49. The van der Waals surface area contributed by atoms with E-state index in [0.717, 1.165) is 0 Å². The minimum Gasteiger partial charge on any atom is -0.344 e. The van der Waals surface area contributed by atoms with Gasteiger partial charge in [0, 0.05) is 6.92 Å². The molecule has 5 nitrogen and oxygen atoms in total. The summed E-state index contributed by atoms with van der Waals surface area (Å²) >= 11 is 0. The van der Waals surface area contributed by atoms with Crippen LogP contribution in [0, 0.1) is 5.92 Å². The SMILES string of the molecule is CCONC(=O)C(NC(C)=O)C(C)C. The summed E-state index contributed by atoms with van der Waals surface area (Å²) in [6, 6.07) is -0.543. The van der Waals surface area contributed by atoms with E-state index in [1.807, 2.05) is 13.8 Å². The van der Waals surface area contributed by atoms with Crippen molar-refractivity contribution in [1.82, 2.24) is 10.8 Å². The van der Waals surface area contributed by atoms with Crippen LogP contribution in [-0.4, -0.2) is 24.5 Å². The molecule has 0 spiro atoms. The van der Waals surface area contributed by atoms with Gasteiger partial charge in [0.05, 0.1) is 6.61 Å². The average Bonchev–Trinajstić information content (AvgIpc) is 2.09. The third-order valence-corrected chi connectivity index (χ3v) is 1.62. The minimum absolute atomic E-state index is 0.0272. The molecule has 0 bridgehead atoms. The molecule has 0 aromatic heterocycles. The first-order valence-electron chi connectivity index (χ1n) is 4.67. The monoisotopic (exact) mass is 202 g/mol. The number of rotatable bonds is 5. The van der Waals surface area contributed by atoms with E-state index in [1.165, 1.54) is 6.92 Å². The molecule has 0 aromatic rings. The number of carbonyl (C=O) groups excluding carboxylic acids is 2. The number of nitrogens with one attached hydrogen (secondary N) is 2. The van der Waals surface area contributed by atoms with Gasteiger partial charge in [0.2, 0.25) is 5.91 Å². The highest BCUT2D eigenvalue weighted by molar-refractivity contribution is 5.86. The lowest BCUT2D eigenvalue weighted by Gasteiger charge is -2.20. The van der Waals surface area contributed by atoms with Crippen molar-refractivity contribution in [2.24, 2.45) is 5.92 Å². The van der Waals surface area contributed by atoms with Gasteiger partial charge in [-0.25, -0.2) is 5.48 Å². The van der Waals surface area contributed by atoms with Gasteiger partial charge in [-0.05, 0) is 12.8 Å². The maximum atomic E-state index is 11.4. The van der Waals surface area contributed by atoms with Gasteiger partial charge in [0.1, 0.15) is 6.04 Å². The van der Waals surface area contributed by atoms with Crippen molar-refractivity contribution in [2.45, 2.75) is 33.7 Å². The summed E-state index contributed by atoms with van der Waals surface area (Å²) in [6.45, 7) is 7.25. The van der Waals surface area contributed by atoms with Crippen LogP contribution in [0.15, 0.2) is 0 Å². The smallest absolute Gasteiger partial charge is 0.266 e. The first kappa shape index (κ1) is 12.9. The molecule has 0 aromatic carbocycles. The van der Waals surface area contributed by atoms with Crippen molar-refractivity contribution in [2.75, 3.05) is 6.61 Å². The summed E-state index contributed by atoms with van der Waals surface area (Å²) < 4.78 is 0. The van der Waals surface area contributed by atoms with Gasteiger partial charge < -0.3 is 5.32 Å². The molecule has 0 rings (SSSR count). The Hall–Kier alpha value is -1.10. The first-order valence-corrected chi connectivity index (χ1v) is 4.67. The summed E-state index contributed by atoms with van der Waals surface area (Å²) in [5.74, 6) is -0.522. The molecule has 0 saturated carbocycles. The largest absolute Gasteiger partial charge is 0.344 e. The van der Waals surface area contributed by atoms with Crippen molar-refractivity contribution in [1.29, 1.82) is 0 Å². The molecule has 1 unspecified atom stereocenters. The van der Waals surface area contributed by atoms with Crippen molar-refractivity contribution in [3.05, 3.63) is 0 Å². The highest BCUT2D eigenvalue weighted by Crippen LogP contribution is 2.01. The number of hydrogen-bond acceptors (Lipinski definition) is 3. The average molecular weight is 202 g/mol. The minimum atomic E-state index is -0.543. The van der Waals surface area contributed by atoms with Crippen molar-refractivity contribution >= 4 is 11.8 Å². The molecule has 0 aliphatic rings. The Morgan fingerprint density at radius 3 is 2.29 bits per heavy atom. The fourth-order valence-electron chi connectivity index (χ4n) is 0.961. The molecule has 5 heteroatoms. The Labute approximate surface area is 84.1 Å². The second-order valence-corrected chi connectivity index (χ2v) is 3.32. The van der Waals surface area contributed by atoms with Crippen LogP contribution in [0.1, 0.15) is 27.7 Å². The van der Waals surface area contributed by atoms with Gasteiger partial charge in [-0.1, -0.05) is 13.8 Å². The van der Waals surface area contributed by atoms with Crippen LogP contribution >= 0.6 is 0 Å². The molecule has 82 valence electrons. The molecule has 0 radical (unpaired) electrons. The standard InChI is InChI=1S/C9H18N2O3/c1-5-14-11-9(13)8(6(2)3)10-7(4)12/h6,8H,5H2,1-4H3,(H,10,12)(H,11,13). The Bertz CT molecular complexity index is 204. The maximum Gasteiger partial charge on any atom is 0.266 e. The number of amides is 2. The Kier molecular flexibility index (Phi) is 5.87. The molecule has 2 N–H and O–H groups in total. The number of carbonyl (C=O) groups is 2. The predicted molar refractivity (Wildman–Crippen MR) is 52.2 cm³/mol. The molecular formula is C9H18N2O3. The molecule has 1 atom stereocenters. The second kappa shape index (κ2) is 6.37. The van der Waals surface area contributed by atoms with E-state index in [9.17, 15) is 9.59 Å². The van der Waals surface area contributed by atoms with Gasteiger partial charge in [-0.2, -0.15) is 0 Å². The van der Waals surface area contributed by atoms with Crippen LogP contribution < -0.4 is 10.8 Å². The summed E-state index contributed by atoms with van der Waals surface area (Å²) in [5.41, 5.74) is 2.27. The summed E-state index contributed by atoms with van der Waals surface area (Å²) in [6.07, 6.45) is 0. The molecule has 0 aliphatic heterocycles. The summed E-state index contributed by atoms with van der Waals surface area (Å²) in [5, 5.41) is 2.56. The van der Waals surface area contributed by atoms with Crippen LogP contribution in [-0.2, 0) is 14.4 Å². The summed E-state index contributed by atoms with van der Waals surface area (Å²) in [7, 11) is 0. The zero-order valence-corrected chi connectivity index (χ0v) is 9.09. The van der Waals surface area contributed by atoms with Gasteiger partial charge in [0.15, 0.2) is 0 Å². The van der Waals surface area contributed by atoms with Crippen LogP contribution in [0.4, 0.5) is 0 Å². The molecule has 2 amide bonds. The van der Waals surface area contributed by atoms with Crippen molar-refractivity contribution in [3.63, 3.8) is 0 Å². The molecular weight excluding hydrogens is 184 g/mol. The van der Waals surface area contributed by atoms with Crippen molar-refractivity contribution in [3.8, 4) is 0 Å². The van der Waals surface area contributed by atoms with Gasteiger partial charge in [-0.3, -0.25) is 14.4 Å². The number of hydrogen-bond donors (Lipinski definition) is 2. The molecule has 14 heavy (non-hydrogen) atoms. The third-order valence-electron chi connectivity index (χ3n) is 1.62. The van der Waals surface area contributed by atoms with E-state index in [2.05, 4.69) is 10.8 Å². The van der Waals surface area contributed by atoms with E-state index >= 15 is 0 Å². The van der Waals surface area contributed by atoms with Crippen LogP contribution in [0.25, 0.3) is 0 Å². The van der Waals surface area contributed by atoms with E-state index in [1.54, 1.807) is 6.92 Å². The van der Waals surface area contributed by atoms with Crippen molar-refractivity contribution < 1.29 is 14.4 Å². The van der Waals surface area contributed by atoms with Crippen LogP contribution in [0.5, 0.6) is 0 Å². The van der Waals surface area contributed by atoms with E-state index < -0.39 is 6.04 Å². The summed E-state index contributed by atoms with van der Waals surface area (Å²) in [4.78, 5) is 27.0. The Balaban J connectivity index is 4.19. The molecule has 0 saturated heterocycles. The van der Waals surface area contributed by atoms with E-state index in [0.29, 0.717) is 6.61 Å². The Morgan fingerprint density at radius 2 is 1.93 bits per heavy atom. The zero-order chi connectivity index (χ0) is 11.1. The fraction of sp³-hybridized carbons (Fsp3) is 0.778. The lowest BCUT2D eigenvalue weighted by Crippen LogP contribution is -2.49. The topological polar surface area (TPSA) is 67.4 Å². The zero-order valence-electron chi connectivity index (χ0n) is 9.09. The van der Waals surface area contributed by atoms with E-state index in [4.69, 9.17) is 4.84 Å². The van der Waals surface area contributed by atoms with Gasteiger partial charge in [0.25, 0.3) is 5.91 Å². The van der Waals surface area contributed by atoms with Crippen LogP contribution in [0.3, 0.4) is 0 Å². The molecule has 0 heterocycles. The highest BCUT2D eigenvalue weighted by Gasteiger charge is 2.22. The van der Waals surface area contributed by atoms with Gasteiger partial charge in [-0.15, -0.1) is 0 Å². The normalized spacial score (nSPS) is 12.4. The predicted octanol–water partition coefficient (Wildman–Crippen LogP) is 0.215. The number of hydroxylamine groups is 1. The molecule has 0 fully saturated rings. The fourth-order valence-corrected chi connectivity index (χ4v) is 0.961. The quantitative estimate of drug-likeness (QED) is 0.626. The second-order valence-electron chi connectivity index (χ2n) is 3.32. The highest BCUT2D eigenvalue weighted by atomic mass is 16.6. The Morgan fingerprint density at radius 1 is 1.36 bits per heavy atom. The lowest BCUT2D eigenvalue weighted by atomic mass is 10.0.